The molecule has 1 aromatic heterocycles. The predicted molar refractivity (Wildman–Crippen MR) is 113 cm³/mol. The van der Waals surface area contributed by atoms with Crippen molar-refractivity contribution in [3.63, 3.8) is 0 Å². The van der Waals surface area contributed by atoms with E-state index in [4.69, 9.17) is 11.6 Å². The Balaban J connectivity index is 1.87. The molecule has 0 amide bonds. The molecule has 142 valence electrons. The largest absolute Gasteiger partial charge is 0.506 e. The van der Waals surface area contributed by atoms with E-state index in [1.807, 2.05) is 6.07 Å². The first-order valence-electron chi connectivity index (χ1n) is 8.75. The van der Waals surface area contributed by atoms with Crippen molar-refractivity contribution in [3.8, 4) is 16.9 Å². The zero-order valence-electron chi connectivity index (χ0n) is 15.0. The summed E-state index contributed by atoms with van der Waals surface area (Å²) in [7, 11) is 0. The number of carbonyl (C=O) groups is 1. The molecule has 4 rings (SSSR count). The number of aromatic nitrogens is 1. The van der Waals surface area contributed by atoms with E-state index in [0.717, 1.165) is 0 Å². The molecule has 0 saturated heterocycles. The molecule has 0 bridgehead atoms. The molecule has 0 aliphatic heterocycles. The minimum Gasteiger partial charge on any atom is -0.506 e. The van der Waals surface area contributed by atoms with Crippen molar-refractivity contribution in [2.75, 3.05) is 0 Å². The van der Waals surface area contributed by atoms with Crippen LogP contribution in [-0.2, 0) is 0 Å². The number of aromatic hydroxyl groups is 1. The number of hydrogen-bond acceptors (Lipinski definition) is 4. The molecule has 29 heavy (non-hydrogen) atoms. The van der Waals surface area contributed by atoms with Crippen molar-refractivity contribution in [1.82, 2.24) is 4.98 Å². The highest BCUT2D eigenvalue weighted by atomic mass is 35.5. The third-order valence-corrected chi connectivity index (χ3v) is 4.86. The second kappa shape index (κ2) is 7.37. The van der Waals surface area contributed by atoms with Gasteiger partial charge in [-0.3, -0.25) is 14.4 Å². The fourth-order valence-electron chi connectivity index (χ4n) is 3.17. The van der Waals surface area contributed by atoms with E-state index in [0.29, 0.717) is 21.7 Å². The van der Waals surface area contributed by atoms with Crippen LogP contribution in [0, 0.1) is 0 Å². The molecule has 0 aliphatic rings. The minimum atomic E-state index is -0.878. The van der Waals surface area contributed by atoms with E-state index in [1.165, 1.54) is 24.3 Å². The van der Waals surface area contributed by atoms with Crippen LogP contribution in [0.3, 0.4) is 0 Å². The summed E-state index contributed by atoms with van der Waals surface area (Å²) in [6.45, 7) is 0. The molecule has 1 heterocycles. The fourth-order valence-corrected chi connectivity index (χ4v) is 3.35. The Bertz CT molecular complexity index is 1360. The van der Waals surface area contributed by atoms with Gasteiger partial charge in [0.2, 0.25) is 0 Å². The van der Waals surface area contributed by atoms with Crippen molar-refractivity contribution in [2.24, 2.45) is 0 Å². The molecule has 3 aromatic carbocycles. The number of hydrogen-bond donors (Lipinski definition) is 2. The van der Waals surface area contributed by atoms with Gasteiger partial charge in [0.25, 0.3) is 11.0 Å². The average molecular weight is 404 g/mol. The standard InChI is InChI=1S/C23H14ClNO4/c24-16-10-11-17-18(12-16)25-23(29)22(28)19(21(17)27)13-6-8-15(9-7-13)20(26)14-4-2-1-3-5-14/h1-12,27H,(H,25,28,29). The lowest BCUT2D eigenvalue weighted by Crippen LogP contribution is -2.24. The molecule has 6 heteroatoms. The van der Waals surface area contributed by atoms with Crippen LogP contribution in [0.1, 0.15) is 15.9 Å². The fraction of sp³-hybridized carbons (Fsp3) is 0. The Morgan fingerprint density at radius 2 is 1.52 bits per heavy atom. The van der Waals surface area contributed by atoms with E-state index in [1.54, 1.807) is 42.5 Å². The normalized spacial score (nSPS) is 10.8. The molecular formula is C23H14ClNO4. The maximum absolute atomic E-state index is 12.6. The zero-order valence-corrected chi connectivity index (χ0v) is 15.7. The van der Waals surface area contributed by atoms with Gasteiger partial charge in [0, 0.05) is 21.5 Å². The van der Waals surface area contributed by atoms with Crippen molar-refractivity contribution in [3.05, 3.63) is 110 Å². The molecule has 0 unspecified atom stereocenters. The van der Waals surface area contributed by atoms with E-state index in [-0.39, 0.29) is 28.0 Å². The molecule has 4 aromatic rings. The molecule has 0 fully saturated rings. The molecular weight excluding hydrogens is 390 g/mol. The van der Waals surface area contributed by atoms with Crippen LogP contribution < -0.4 is 11.0 Å². The zero-order chi connectivity index (χ0) is 20.5. The summed E-state index contributed by atoms with van der Waals surface area (Å²) in [5.74, 6) is -0.498. The lowest BCUT2D eigenvalue weighted by molar-refractivity contribution is 0.103. The number of carbonyl (C=O) groups excluding carboxylic acids is 1. The molecule has 2 N–H and O–H groups in total. The van der Waals surface area contributed by atoms with E-state index >= 15 is 0 Å². The number of aromatic amines is 1. The van der Waals surface area contributed by atoms with Gasteiger partial charge in [-0.05, 0) is 23.8 Å². The Hall–Kier alpha value is -3.70. The molecule has 0 aliphatic carbocycles. The number of nitrogens with one attached hydrogen (secondary N) is 1. The van der Waals surface area contributed by atoms with Crippen molar-refractivity contribution in [2.45, 2.75) is 0 Å². The first kappa shape index (κ1) is 18.7. The lowest BCUT2D eigenvalue weighted by atomic mass is 9.99. The van der Waals surface area contributed by atoms with Gasteiger partial charge in [-0.2, -0.15) is 0 Å². The number of fused-ring (bicyclic) bond motifs is 1. The average Bonchev–Trinajstić information content (AvgIpc) is 2.82. The van der Waals surface area contributed by atoms with Gasteiger partial charge in [-0.25, -0.2) is 0 Å². The Labute approximate surface area is 169 Å². The van der Waals surface area contributed by atoms with Crippen LogP contribution in [0.5, 0.6) is 5.75 Å². The van der Waals surface area contributed by atoms with Crippen LogP contribution in [0.4, 0.5) is 0 Å². The van der Waals surface area contributed by atoms with Crippen LogP contribution >= 0.6 is 11.6 Å². The minimum absolute atomic E-state index is 0.137. The van der Waals surface area contributed by atoms with E-state index in [2.05, 4.69) is 4.98 Å². The molecule has 0 spiro atoms. The predicted octanol–water partition coefficient (Wildman–Crippen LogP) is 4.15. The van der Waals surface area contributed by atoms with Gasteiger partial charge in [-0.1, -0.05) is 66.2 Å². The highest BCUT2D eigenvalue weighted by molar-refractivity contribution is 6.31. The van der Waals surface area contributed by atoms with E-state index in [9.17, 15) is 19.5 Å². The quantitative estimate of drug-likeness (QED) is 0.397. The monoisotopic (exact) mass is 403 g/mol. The topological polar surface area (TPSA) is 87.2 Å². The summed E-state index contributed by atoms with van der Waals surface area (Å²) in [6, 6.07) is 19.5. The summed E-state index contributed by atoms with van der Waals surface area (Å²) in [5.41, 5.74) is -0.346. The van der Waals surface area contributed by atoms with Gasteiger partial charge in [-0.15, -0.1) is 0 Å². The number of rotatable bonds is 3. The number of benzene rings is 3. The van der Waals surface area contributed by atoms with Crippen molar-refractivity contribution in [1.29, 1.82) is 0 Å². The highest BCUT2D eigenvalue weighted by Gasteiger charge is 2.16. The summed E-state index contributed by atoms with van der Waals surface area (Å²) in [5, 5.41) is 11.4. The van der Waals surface area contributed by atoms with Gasteiger partial charge in [0.15, 0.2) is 5.78 Å². The van der Waals surface area contributed by atoms with Gasteiger partial charge in [0.1, 0.15) is 5.75 Å². The van der Waals surface area contributed by atoms with E-state index < -0.39 is 11.0 Å². The number of ketones is 1. The first-order chi connectivity index (χ1) is 14.0. The summed E-state index contributed by atoms with van der Waals surface area (Å²) < 4.78 is 0. The second-order valence-electron chi connectivity index (χ2n) is 6.47. The lowest BCUT2D eigenvalue weighted by Gasteiger charge is -2.05. The molecule has 5 nitrogen and oxygen atoms in total. The number of halogens is 1. The summed E-state index contributed by atoms with van der Waals surface area (Å²) in [6.07, 6.45) is 0. The van der Waals surface area contributed by atoms with Gasteiger partial charge < -0.3 is 10.1 Å². The first-order valence-corrected chi connectivity index (χ1v) is 9.12. The van der Waals surface area contributed by atoms with Crippen LogP contribution in [0.15, 0.2) is 82.4 Å². The molecule has 0 saturated carbocycles. The smallest absolute Gasteiger partial charge is 0.296 e. The van der Waals surface area contributed by atoms with Crippen LogP contribution in [-0.4, -0.2) is 15.9 Å². The maximum atomic E-state index is 12.6. The van der Waals surface area contributed by atoms with Gasteiger partial charge >= 0.3 is 0 Å². The van der Waals surface area contributed by atoms with Crippen LogP contribution in [0.2, 0.25) is 5.02 Å². The number of H-pyrrole nitrogens is 1. The molecule has 0 atom stereocenters. The highest BCUT2D eigenvalue weighted by Crippen LogP contribution is 2.32. The third kappa shape index (κ3) is 3.44. The Morgan fingerprint density at radius 1 is 0.862 bits per heavy atom. The SMILES string of the molecule is O=C(c1ccccc1)c1ccc(-c2c(O)c3ccc(Cl)cc3[nH]c(=O)c2=O)cc1. The second-order valence-corrected chi connectivity index (χ2v) is 6.91. The Kier molecular flexibility index (Phi) is 4.74. The third-order valence-electron chi connectivity index (χ3n) is 4.63. The maximum Gasteiger partial charge on any atom is 0.296 e. The van der Waals surface area contributed by atoms with Crippen LogP contribution in [0.25, 0.3) is 22.0 Å². The summed E-state index contributed by atoms with van der Waals surface area (Å²) in [4.78, 5) is 39.9. The van der Waals surface area contributed by atoms with Crippen molar-refractivity contribution >= 4 is 28.3 Å². The summed E-state index contributed by atoms with van der Waals surface area (Å²) >= 11 is 5.95. The van der Waals surface area contributed by atoms with Crippen molar-refractivity contribution < 1.29 is 9.90 Å². The Morgan fingerprint density at radius 3 is 2.21 bits per heavy atom. The molecule has 0 radical (unpaired) electrons. The van der Waals surface area contributed by atoms with Gasteiger partial charge in [0.05, 0.1) is 11.1 Å².